The van der Waals surface area contributed by atoms with Crippen LogP contribution in [-0.2, 0) is 20.4 Å². The number of rotatable bonds is 3. The molecule has 3 rings (SSSR count). The van der Waals surface area contributed by atoms with Gasteiger partial charge in [0.25, 0.3) is 5.91 Å². The Morgan fingerprint density at radius 1 is 1.08 bits per heavy atom. The van der Waals surface area contributed by atoms with Gasteiger partial charge in [-0.3, -0.25) is 4.79 Å². The number of amides is 1. The number of ether oxygens (including phenoxy) is 2. The van der Waals surface area contributed by atoms with E-state index in [1.54, 1.807) is 6.07 Å². The van der Waals surface area contributed by atoms with Gasteiger partial charge in [0, 0.05) is 12.0 Å². The molecular formula is C19H24F3NO3. The van der Waals surface area contributed by atoms with Crippen molar-refractivity contribution in [3.63, 3.8) is 0 Å². The van der Waals surface area contributed by atoms with Crippen molar-refractivity contribution in [2.45, 2.75) is 56.3 Å². The van der Waals surface area contributed by atoms with E-state index >= 15 is 0 Å². The molecule has 1 saturated carbocycles. The molecule has 1 amide bonds. The van der Waals surface area contributed by atoms with Crippen molar-refractivity contribution < 1.29 is 27.4 Å². The van der Waals surface area contributed by atoms with Crippen LogP contribution in [-0.4, -0.2) is 37.9 Å². The number of hydrogen-bond acceptors (Lipinski definition) is 3. The van der Waals surface area contributed by atoms with E-state index in [9.17, 15) is 18.0 Å². The third-order valence-corrected chi connectivity index (χ3v) is 5.12. The monoisotopic (exact) mass is 371 g/mol. The van der Waals surface area contributed by atoms with E-state index < -0.39 is 17.8 Å². The Morgan fingerprint density at radius 3 is 2.58 bits per heavy atom. The maximum Gasteiger partial charge on any atom is 0.416 e. The summed E-state index contributed by atoms with van der Waals surface area (Å²) in [7, 11) is 0. The SMILES string of the molecule is O=C(N[C@@H]1CCCCC[C@@H]1c1ccccc1C(F)(F)F)[C@H]1COCCO1. The number of benzene rings is 1. The molecule has 1 heterocycles. The highest BCUT2D eigenvalue weighted by Crippen LogP contribution is 2.40. The van der Waals surface area contributed by atoms with Crippen LogP contribution in [0, 0.1) is 0 Å². The Kier molecular flexibility index (Phi) is 6.19. The third-order valence-electron chi connectivity index (χ3n) is 5.12. The molecule has 0 unspecified atom stereocenters. The standard InChI is InChI=1S/C19H24F3NO3/c20-19(21,22)15-8-5-4-6-13(15)14-7-2-1-3-9-16(14)23-18(24)17-12-25-10-11-26-17/h4-6,8,14,16-17H,1-3,7,9-12H2,(H,23,24)/t14-,16-,17-/m1/s1. The summed E-state index contributed by atoms with van der Waals surface area (Å²) in [5, 5.41) is 2.94. The van der Waals surface area contributed by atoms with Crippen LogP contribution in [0.4, 0.5) is 13.2 Å². The predicted molar refractivity (Wildman–Crippen MR) is 89.8 cm³/mol. The smallest absolute Gasteiger partial charge is 0.376 e. The van der Waals surface area contributed by atoms with Crippen molar-refractivity contribution in [2.24, 2.45) is 0 Å². The largest absolute Gasteiger partial charge is 0.416 e. The summed E-state index contributed by atoms with van der Waals surface area (Å²) >= 11 is 0. The van der Waals surface area contributed by atoms with Crippen LogP contribution in [0.1, 0.15) is 49.1 Å². The van der Waals surface area contributed by atoms with Crippen molar-refractivity contribution in [2.75, 3.05) is 19.8 Å². The van der Waals surface area contributed by atoms with Crippen LogP contribution in [0.5, 0.6) is 0 Å². The molecule has 1 aliphatic heterocycles. The molecule has 2 fully saturated rings. The van der Waals surface area contributed by atoms with Crippen LogP contribution >= 0.6 is 0 Å². The van der Waals surface area contributed by atoms with Crippen molar-refractivity contribution in [3.05, 3.63) is 35.4 Å². The van der Waals surface area contributed by atoms with Gasteiger partial charge in [0.2, 0.25) is 0 Å². The number of nitrogens with one attached hydrogen (secondary N) is 1. The fraction of sp³-hybridized carbons (Fsp3) is 0.632. The maximum atomic E-state index is 13.5. The van der Waals surface area contributed by atoms with E-state index in [1.165, 1.54) is 12.1 Å². The quantitative estimate of drug-likeness (QED) is 0.825. The molecular weight excluding hydrogens is 347 g/mol. The molecule has 1 saturated heterocycles. The Morgan fingerprint density at radius 2 is 1.85 bits per heavy atom. The molecule has 0 bridgehead atoms. The second-order valence-corrected chi connectivity index (χ2v) is 6.88. The topological polar surface area (TPSA) is 47.6 Å². The molecule has 0 aromatic heterocycles. The molecule has 7 heteroatoms. The lowest BCUT2D eigenvalue weighted by atomic mass is 9.84. The lowest BCUT2D eigenvalue weighted by Gasteiger charge is -2.31. The molecule has 0 spiro atoms. The highest BCUT2D eigenvalue weighted by Gasteiger charge is 2.38. The van der Waals surface area contributed by atoms with E-state index in [4.69, 9.17) is 9.47 Å². The van der Waals surface area contributed by atoms with Crippen molar-refractivity contribution in [1.82, 2.24) is 5.32 Å². The van der Waals surface area contributed by atoms with Gasteiger partial charge in [-0.15, -0.1) is 0 Å². The average Bonchev–Trinajstić information content (AvgIpc) is 2.87. The van der Waals surface area contributed by atoms with E-state index in [2.05, 4.69) is 5.32 Å². The van der Waals surface area contributed by atoms with Crippen LogP contribution in [0.2, 0.25) is 0 Å². The summed E-state index contributed by atoms with van der Waals surface area (Å²) in [6, 6.07) is 5.37. The highest BCUT2D eigenvalue weighted by molar-refractivity contribution is 5.81. The van der Waals surface area contributed by atoms with Crippen LogP contribution in [0.25, 0.3) is 0 Å². The molecule has 26 heavy (non-hydrogen) atoms. The molecule has 1 aliphatic carbocycles. The number of hydrogen-bond donors (Lipinski definition) is 1. The van der Waals surface area contributed by atoms with Gasteiger partial charge in [-0.25, -0.2) is 0 Å². The van der Waals surface area contributed by atoms with Crippen molar-refractivity contribution in [3.8, 4) is 0 Å². The molecule has 1 aromatic carbocycles. The van der Waals surface area contributed by atoms with Gasteiger partial charge in [-0.05, 0) is 24.5 Å². The first kappa shape index (κ1) is 19.2. The van der Waals surface area contributed by atoms with Gasteiger partial charge in [-0.2, -0.15) is 13.2 Å². The predicted octanol–water partition coefficient (Wildman–Crippen LogP) is 3.65. The average molecular weight is 371 g/mol. The minimum Gasteiger partial charge on any atom is -0.376 e. The maximum absolute atomic E-state index is 13.5. The van der Waals surface area contributed by atoms with E-state index in [0.29, 0.717) is 26.1 Å². The van der Waals surface area contributed by atoms with Gasteiger partial charge in [0.15, 0.2) is 6.10 Å². The first-order valence-electron chi connectivity index (χ1n) is 9.12. The number of carbonyl (C=O) groups excluding carboxylic acids is 1. The van der Waals surface area contributed by atoms with Crippen LogP contribution in [0.15, 0.2) is 24.3 Å². The fourth-order valence-electron chi connectivity index (χ4n) is 3.85. The molecule has 1 N–H and O–H groups in total. The Bertz CT molecular complexity index is 614. The van der Waals surface area contributed by atoms with E-state index in [0.717, 1.165) is 25.3 Å². The zero-order valence-corrected chi connectivity index (χ0v) is 14.6. The zero-order chi connectivity index (χ0) is 18.6. The lowest BCUT2D eigenvalue weighted by molar-refractivity contribution is -0.148. The van der Waals surface area contributed by atoms with Gasteiger partial charge in [0.05, 0.1) is 25.4 Å². The molecule has 4 nitrogen and oxygen atoms in total. The second kappa shape index (κ2) is 8.39. The summed E-state index contributed by atoms with van der Waals surface area (Å²) in [4.78, 5) is 12.5. The minimum atomic E-state index is -4.40. The summed E-state index contributed by atoms with van der Waals surface area (Å²) in [5.74, 6) is -0.658. The van der Waals surface area contributed by atoms with Gasteiger partial charge < -0.3 is 14.8 Å². The van der Waals surface area contributed by atoms with Crippen molar-refractivity contribution in [1.29, 1.82) is 0 Å². The second-order valence-electron chi connectivity index (χ2n) is 6.88. The first-order valence-corrected chi connectivity index (χ1v) is 9.12. The molecule has 0 radical (unpaired) electrons. The highest BCUT2D eigenvalue weighted by atomic mass is 19.4. The normalized spacial score (nSPS) is 27.6. The van der Waals surface area contributed by atoms with Crippen LogP contribution < -0.4 is 5.32 Å². The van der Waals surface area contributed by atoms with E-state index in [-0.39, 0.29) is 30.0 Å². The summed E-state index contributed by atoms with van der Waals surface area (Å²) in [6.07, 6.45) is -1.11. The van der Waals surface area contributed by atoms with Gasteiger partial charge >= 0.3 is 6.18 Å². The third kappa shape index (κ3) is 4.57. The fourth-order valence-corrected chi connectivity index (χ4v) is 3.85. The van der Waals surface area contributed by atoms with Crippen molar-refractivity contribution >= 4 is 5.91 Å². The van der Waals surface area contributed by atoms with Gasteiger partial charge in [-0.1, -0.05) is 37.5 Å². The number of alkyl halides is 3. The summed E-state index contributed by atoms with van der Waals surface area (Å²) in [6.45, 7) is 0.986. The lowest BCUT2D eigenvalue weighted by Crippen LogP contribution is -2.48. The van der Waals surface area contributed by atoms with Gasteiger partial charge in [0.1, 0.15) is 0 Å². The number of halogens is 3. The van der Waals surface area contributed by atoms with E-state index in [1.807, 2.05) is 0 Å². The molecule has 3 atom stereocenters. The zero-order valence-electron chi connectivity index (χ0n) is 14.6. The molecule has 1 aromatic rings. The Balaban J connectivity index is 1.82. The molecule has 2 aliphatic rings. The Labute approximate surface area is 151 Å². The minimum absolute atomic E-state index is 0.183. The molecule has 144 valence electrons. The summed E-state index contributed by atoms with van der Waals surface area (Å²) < 4.78 is 51.1. The summed E-state index contributed by atoms with van der Waals surface area (Å²) in [5.41, 5.74) is -0.337. The van der Waals surface area contributed by atoms with Crippen LogP contribution in [0.3, 0.4) is 0 Å². The Hall–Kier alpha value is -1.60. The number of carbonyl (C=O) groups is 1. The first-order chi connectivity index (χ1) is 12.5.